The molecule has 1 fully saturated rings. The lowest BCUT2D eigenvalue weighted by Gasteiger charge is -2.09. The van der Waals surface area contributed by atoms with Crippen molar-refractivity contribution in [1.82, 2.24) is 4.57 Å². The third-order valence-electron chi connectivity index (χ3n) is 3.98. The Morgan fingerprint density at radius 1 is 1.29 bits per heavy atom. The van der Waals surface area contributed by atoms with Gasteiger partial charge in [0.05, 0.1) is 31.0 Å². The third kappa shape index (κ3) is 3.47. The molecular weight excluding hydrogens is 328 g/mol. The highest BCUT2D eigenvalue weighted by Crippen LogP contribution is 2.34. The molecular formula is C17H22N2O4S. The van der Waals surface area contributed by atoms with Crippen molar-refractivity contribution >= 4 is 27.5 Å². The molecule has 0 N–H and O–H groups in total. The fourth-order valence-corrected chi connectivity index (χ4v) is 3.59. The second-order valence-electron chi connectivity index (χ2n) is 5.63. The quantitative estimate of drug-likeness (QED) is 0.720. The summed E-state index contributed by atoms with van der Waals surface area (Å²) in [6.45, 7) is 3.83. The Morgan fingerprint density at radius 2 is 2.00 bits per heavy atom. The van der Waals surface area contributed by atoms with Crippen molar-refractivity contribution in [1.29, 1.82) is 0 Å². The first-order valence-corrected chi connectivity index (χ1v) is 8.91. The summed E-state index contributed by atoms with van der Waals surface area (Å²) in [7, 11) is 3.23. The zero-order valence-electron chi connectivity index (χ0n) is 14.2. The van der Waals surface area contributed by atoms with Gasteiger partial charge in [-0.2, -0.15) is 4.99 Å². The van der Waals surface area contributed by atoms with Crippen LogP contribution in [0.15, 0.2) is 17.1 Å². The van der Waals surface area contributed by atoms with Crippen molar-refractivity contribution in [3.05, 3.63) is 16.9 Å². The minimum Gasteiger partial charge on any atom is -0.493 e. The Labute approximate surface area is 144 Å². The van der Waals surface area contributed by atoms with Gasteiger partial charge in [-0.25, -0.2) is 0 Å². The van der Waals surface area contributed by atoms with E-state index in [0.29, 0.717) is 36.1 Å². The predicted octanol–water partition coefficient (Wildman–Crippen LogP) is 2.59. The number of amides is 1. The molecule has 3 rings (SSSR count). The number of ether oxygens (including phenoxy) is 3. The molecule has 2 aromatic rings. The van der Waals surface area contributed by atoms with E-state index < -0.39 is 0 Å². The fourth-order valence-electron chi connectivity index (χ4n) is 2.51. The molecule has 6 nitrogen and oxygen atoms in total. The Morgan fingerprint density at radius 3 is 2.62 bits per heavy atom. The first-order valence-electron chi connectivity index (χ1n) is 8.09. The van der Waals surface area contributed by atoms with Gasteiger partial charge in [0.15, 0.2) is 16.3 Å². The van der Waals surface area contributed by atoms with E-state index in [0.717, 1.165) is 23.1 Å². The Kier molecular flexibility index (Phi) is 5.20. The molecule has 1 aromatic heterocycles. The van der Waals surface area contributed by atoms with Crippen molar-refractivity contribution in [2.45, 2.75) is 26.3 Å². The number of nitrogens with zero attached hydrogens (tertiary/aromatic N) is 2. The van der Waals surface area contributed by atoms with Crippen molar-refractivity contribution in [3.63, 3.8) is 0 Å². The van der Waals surface area contributed by atoms with Gasteiger partial charge in [0.25, 0.3) is 5.91 Å². The standard InChI is InChI=1S/C17H22N2O4S/c1-4-23-8-7-19-12-9-13(21-2)14(22-3)10-15(12)24-17(19)18-16(20)11-5-6-11/h9-11H,4-8H2,1-3H3. The van der Waals surface area contributed by atoms with Gasteiger partial charge >= 0.3 is 0 Å². The van der Waals surface area contributed by atoms with Crippen LogP contribution in [0.5, 0.6) is 11.5 Å². The van der Waals surface area contributed by atoms with E-state index in [-0.39, 0.29) is 11.8 Å². The maximum atomic E-state index is 12.1. The molecule has 7 heteroatoms. The Bertz CT molecular complexity index is 805. The Balaban J connectivity index is 2.10. The molecule has 0 spiro atoms. The molecule has 1 saturated carbocycles. The van der Waals surface area contributed by atoms with Gasteiger partial charge in [-0.3, -0.25) is 4.79 Å². The zero-order valence-corrected chi connectivity index (χ0v) is 15.0. The van der Waals surface area contributed by atoms with Crippen LogP contribution < -0.4 is 14.3 Å². The van der Waals surface area contributed by atoms with E-state index >= 15 is 0 Å². The second kappa shape index (κ2) is 7.36. The van der Waals surface area contributed by atoms with Crippen LogP contribution in [-0.2, 0) is 16.1 Å². The van der Waals surface area contributed by atoms with Crippen LogP contribution in [0, 0.1) is 5.92 Å². The van der Waals surface area contributed by atoms with Crippen LogP contribution in [0.1, 0.15) is 19.8 Å². The van der Waals surface area contributed by atoms with Crippen molar-refractivity contribution < 1.29 is 19.0 Å². The van der Waals surface area contributed by atoms with E-state index in [2.05, 4.69) is 4.99 Å². The number of aromatic nitrogens is 1. The summed E-state index contributed by atoms with van der Waals surface area (Å²) >= 11 is 1.49. The number of carbonyl (C=O) groups is 1. The predicted molar refractivity (Wildman–Crippen MR) is 92.7 cm³/mol. The lowest BCUT2D eigenvalue weighted by atomic mass is 10.3. The molecule has 1 heterocycles. The molecule has 0 bridgehead atoms. The maximum absolute atomic E-state index is 12.1. The molecule has 0 radical (unpaired) electrons. The normalized spacial score (nSPS) is 15.0. The number of rotatable bonds is 7. The number of hydrogen-bond acceptors (Lipinski definition) is 5. The van der Waals surface area contributed by atoms with Crippen molar-refractivity contribution in [2.75, 3.05) is 27.4 Å². The lowest BCUT2D eigenvalue weighted by molar-refractivity contribution is -0.119. The molecule has 1 aliphatic rings. The van der Waals surface area contributed by atoms with Gasteiger partial charge in [0, 0.05) is 31.2 Å². The second-order valence-corrected chi connectivity index (χ2v) is 6.64. The summed E-state index contributed by atoms with van der Waals surface area (Å²) in [6, 6.07) is 3.86. The van der Waals surface area contributed by atoms with Crippen LogP contribution in [0.3, 0.4) is 0 Å². The molecule has 0 atom stereocenters. The van der Waals surface area contributed by atoms with Gasteiger partial charge in [0.1, 0.15) is 0 Å². The minimum absolute atomic E-state index is 0.0225. The van der Waals surface area contributed by atoms with Crippen molar-refractivity contribution in [2.24, 2.45) is 10.9 Å². The summed E-state index contributed by atoms with van der Waals surface area (Å²) in [5, 5.41) is 0. The average molecular weight is 350 g/mol. The summed E-state index contributed by atoms with van der Waals surface area (Å²) in [4.78, 5) is 17.2. The highest BCUT2D eigenvalue weighted by Gasteiger charge is 2.29. The highest BCUT2D eigenvalue weighted by molar-refractivity contribution is 7.16. The molecule has 0 aliphatic heterocycles. The van der Waals surface area contributed by atoms with E-state index in [1.54, 1.807) is 14.2 Å². The SMILES string of the molecule is CCOCCn1c(=NC(=O)C2CC2)sc2cc(OC)c(OC)cc21. The van der Waals surface area contributed by atoms with E-state index in [4.69, 9.17) is 14.2 Å². The van der Waals surface area contributed by atoms with Crippen LogP contribution >= 0.6 is 11.3 Å². The van der Waals surface area contributed by atoms with Gasteiger partial charge in [-0.05, 0) is 19.8 Å². The molecule has 130 valence electrons. The van der Waals surface area contributed by atoms with Gasteiger partial charge in [0.2, 0.25) is 0 Å². The smallest absolute Gasteiger partial charge is 0.251 e. The largest absolute Gasteiger partial charge is 0.493 e. The summed E-state index contributed by atoms with van der Waals surface area (Å²) in [5.74, 6) is 1.42. The topological polar surface area (TPSA) is 62.1 Å². The molecule has 1 amide bonds. The number of hydrogen-bond donors (Lipinski definition) is 0. The average Bonchev–Trinajstić information content (AvgIpc) is 3.39. The summed E-state index contributed by atoms with van der Waals surface area (Å²) in [6.07, 6.45) is 1.90. The minimum atomic E-state index is -0.0225. The summed E-state index contributed by atoms with van der Waals surface area (Å²) in [5.41, 5.74) is 0.972. The van der Waals surface area contributed by atoms with E-state index in [1.807, 2.05) is 23.6 Å². The monoisotopic (exact) mass is 350 g/mol. The molecule has 1 aromatic carbocycles. The first-order chi connectivity index (χ1) is 11.7. The van der Waals surface area contributed by atoms with E-state index in [9.17, 15) is 4.79 Å². The van der Waals surface area contributed by atoms with Crippen LogP contribution in [0.4, 0.5) is 0 Å². The molecule has 0 saturated heterocycles. The zero-order chi connectivity index (χ0) is 17.1. The number of carbonyl (C=O) groups excluding carboxylic acids is 1. The van der Waals surface area contributed by atoms with Gasteiger partial charge in [-0.1, -0.05) is 11.3 Å². The molecule has 0 unspecified atom stereocenters. The van der Waals surface area contributed by atoms with Gasteiger partial charge in [-0.15, -0.1) is 0 Å². The van der Waals surface area contributed by atoms with E-state index in [1.165, 1.54) is 11.3 Å². The fraction of sp³-hybridized carbons (Fsp3) is 0.529. The van der Waals surface area contributed by atoms with Crippen LogP contribution in [0.2, 0.25) is 0 Å². The molecule has 1 aliphatic carbocycles. The lowest BCUT2D eigenvalue weighted by Crippen LogP contribution is -2.20. The highest BCUT2D eigenvalue weighted by atomic mass is 32.1. The number of benzene rings is 1. The number of thiazole rings is 1. The first kappa shape index (κ1) is 17.0. The van der Waals surface area contributed by atoms with Gasteiger partial charge < -0.3 is 18.8 Å². The molecule has 24 heavy (non-hydrogen) atoms. The third-order valence-corrected chi connectivity index (χ3v) is 5.03. The van der Waals surface area contributed by atoms with Crippen LogP contribution in [-0.4, -0.2) is 37.9 Å². The van der Waals surface area contributed by atoms with Crippen LogP contribution in [0.25, 0.3) is 10.2 Å². The Hall–Kier alpha value is -1.86. The van der Waals surface area contributed by atoms with Crippen molar-refractivity contribution in [3.8, 4) is 11.5 Å². The maximum Gasteiger partial charge on any atom is 0.251 e. The number of fused-ring (bicyclic) bond motifs is 1. The summed E-state index contributed by atoms with van der Waals surface area (Å²) < 4.78 is 19.3. The number of methoxy groups -OCH3 is 2.